The molecule has 3 rings (SSSR count). The van der Waals surface area contributed by atoms with Gasteiger partial charge in [-0.2, -0.15) is 13.2 Å². The molecular weight excluding hydrogens is 352 g/mol. The average Bonchev–Trinajstić information content (AvgIpc) is 2.95. The molecule has 0 bridgehead atoms. The zero-order valence-corrected chi connectivity index (χ0v) is 13.9. The summed E-state index contributed by atoms with van der Waals surface area (Å²) in [5.74, 6) is -2.23. The van der Waals surface area contributed by atoms with Gasteiger partial charge in [-0.1, -0.05) is 12.1 Å². The SMILES string of the molecule is COc1cccc(Cn2c(C(F)(F)F)nc3cc(C(C)=O)ccc32)c1F. The predicted octanol–water partition coefficient (Wildman–Crippen LogP) is 4.45. The van der Waals surface area contributed by atoms with E-state index in [9.17, 15) is 22.4 Å². The topological polar surface area (TPSA) is 44.1 Å². The van der Waals surface area contributed by atoms with Gasteiger partial charge in [0.05, 0.1) is 24.7 Å². The number of rotatable bonds is 4. The molecule has 0 aliphatic heterocycles. The molecule has 0 aliphatic carbocycles. The molecular formula is C18H14F4N2O2. The Hall–Kier alpha value is -2.90. The molecule has 0 aliphatic rings. The molecule has 26 heavy (non-hydrogen) atoms. The lowest BCUT2D eigenvalue weighted by molar-refractivity contribution is -0.146. The Labute approximate surface area is 146 Å². The Morgan fingerprint density at radius 3 is 2.58 bits per heavy atom. The highest BCUT2D eigenvalue weighted by atomic mass is 19.4. The van der Waals surface area contributed by atoms with Gasteiger partial charge in [0.25, 0.3) is 0 Å². The molecule has 4 nitrogen and oxygen atoms in total. The standard InChI is InChI=1S/C18H14F4N2O2/c1-10(25)11-6-7-14-13(8-11)23-17(18(20,21)22)24(14)9-12-4-3-5-15(26-2)16(12)19/h3-8H,9H2,1-2H3. The molecule has 0 unspecified atom stereocenters. The van der Waals surface area contributed by atoms with Crippen molar-refractivity contribution in [3.63, 3.8) is 0 Å². The molecule has 0 amide bonds. The van der Waals surface area contributed by atoms with E-state index in [-0.39, 0.29) is 40.2 Å². The van der Waals surface area contributed by atoms with Crippen LogP contribution in [0.3, 0.4) is 0 Å². The van der Waals surface area contributed by atoms with Crippen molar-refractivity contribution in [2.75, 3.05) is 7.11 Å². The van der Waals surface area contributed by atoms with Crippen molar-refractivity contribution in [1.29, 1.82) is 0 Å². The second-order valence-electron chi connectivity index (χ2n) is 5.71. The minimum Gasteiger partial charge on any atom is -0.494 e. The molecule has 1 heterocycles. The van der Waals surface area contributed by atoms with Gasteiger partial charge in [-0.05, 0) is 31.2 Å². The highest BCUT2D eigenvalue weighted by Gasteiger charge is 2.37. The molecule has 3 aromatic rings. The maximum absolute atomic E-state index is 14.4. The van der Waals surface area contributed by atoms with Crippen molar-refractivity contribution in [2.24, 2.45) is 0 Å². The Bertz CT molecular complexity index is 993. The van der Waals surface area contributed by atoms with Gasteiger partial charge in [-0.15, -0.1) is 0 Å². The molecule has 136 valence electrons. The van der Waals surface area contributed by atoms with Gasteiger partial charge in [0.2, 0.25) is 5.82 Å². The van der Waals surface area contributed by atoms with Gasteiger partial charge in [0.1, 0.15) is 0 Å². The smallest absolute Gasteiger partial charge is 0.449 e. The molecule has 0 saturated heterocycles. The first-order valence-electron chi connectivity index (χ1n) is 7.62. The van der Waals surface area contributed by atoms with Crippen molar-refractivity contribution in [2.45, 2.75) is 19.6 Å². The van der Waals surface area contributed by atoms with Gasteiger partial charge in [-0.25, -0.2) is 9.37 Å². The molecule has 2 aromatic carbocycles. The number of fused-ring (bicyclic) bond motifs is 1. The number of hydrogen-bond acceptors (Lipinski definition) is 3. The number of methoxy groups -OCH3 is 1. The van der Waals surface area contributed by atoms with Gasteiger partial charge >= 0.3 is 6.18 Å². The molecule has 1 aromatic heterocycles. The van der Waals surface area contributed by atoms with Crippen molar-refractivity contribution >= 4 is 16.8 Å². The number of alkyl halides is 3. The first kappa shape index (κ1) is 17.9. The van der Waals surface area contributed by atoms with Crippen LogP contribution in [0.1, 0.15) is 28.7 Å². The lowest BCUT2D eigenvalue weighted by atomic mass is 10.1. The van der Waals surface area contributed by atoms with E-state index in [1.165, 1.54) is 50.4 Å². The number of ether oxygens (including phenoxy) is 1. The molecule has 0 radical (unpaired) electrons. The van der Waals surface area contributed by atoms with E-state index in [1.54, 1.807) is 0 Å². The number of hydrogen-bond donors (Lipinski definition) is 0. The van der Waals surface area contributed by atoms with Crippen LogP contribution in [0, 0.1) is 5.82 Å². The first-order valence-corrected chi connectivity index (χ1v) is 7.62. The van der Waals surface area contributed by atoms with E-state index >= 15 is 0 Å². The Morgan fingerprint density at radius 1 is 1.23 bits per heavy atom. The average molecular weight is 366 g/mol. The molecule has 0 N–H and O–H groups in total. The van der Waals surface area contributed by atoms with E-state index in [1.807, 2.05) is 0 Å². The number of carbonyl (C=O) groups excluding carboxylic acids is 1. The van der Waals surface area contributed by atoms with Crippen LogP contribution in [0.15, 0.2) is 36.4 Å². The van der Waals surface area contributed by atoms with E-state index in [4.69, 9.17) is 4.74 Å². The minimum absolute atomic E-state index is 0.0216. The number of ketones is 1. The third kappa shape index (κ3) is 3.14. The van der Waals surface area contributed by atoms with Crippen molar-refractivity contribution < 1.29 is 27.1 Å². The summed E-state index contributed by atoms with van der Waals surface area (Å²) in [5, 5.41) is 0. The summed E-state index contributed by atoms with van der Waals surface area (Å²) < 4.78 is 60.4. The fourth-order valence-electron chi connectivity index (χ4n) is 2.73. The number of aromatic nitrogens is 2. The maximum atomic E-state index is 14.4. The Kier molecular flexibility index (Phi) is 4.43. The number of benzene rings is 2. The van der Waals surface area contributed by atoms with Crippen LogP contribution in [0.25, 0.3) is 11.0 Å². The van der Waals surface area contributed by atoms with E-state index in [0.29, 0.717) is 0 Å². The number of Topliss-reactive ketones (excluding diaryl/α,β-unsaturated/α-hetero) is 1. The fraction of sp³-hybridized carbons (Fsp3) is 0.222. The molecule has 8 heteroatoms. The summed E-state index contributed by atoms with van der Waals surface area (Å²) in [5.41, 5.74) is 0.464. The van der Waals surface area contributed by atoms with E-state index < -0.39 is 17.8 Å². The third-order valence-corrected chi connectivity index (χ3v) is 4.00. The lowest BCUT2D eigenvalue weighted by Gasteiger charge is -2.13. The molecule has 0 fully saturated rings. The largest absolute Gasteiger partial charge is 0.494 e. The summed E-state index contributed by atoms with van der Waals surface area (Å²) in [7, 11) is 1.28. The second kappa shape index (κ2) is 6.44. The van der Waals surface area contributed by atoms with Crippen LogP contribution in [0.4, 0.5) is 17.6 Å². The van der Waals surface area contributed by atoms with Crippen LogP contribution in [0.5, 0.6) is 5.75 Å². The lowest BCUT2D eigenvalue weighted by Crippen LogP contribution is -2.16. The Balaban J connectivity index is 2.19. The zero-order valence-electron chi connectivity index (χ0n) is 13.9. The van der Waals surface area contributed by atoms with Gasteiger partial charge in [-0.3, -0.25) is 4.79 Å². The van der Waals surface area contributed by atoms with Crippen molar-refractivity contribution in [1.82, 2.24) is 9.55 Å². The third-order valence-electron chi connectivity index (χ3n) is 4.00. The molecule has 0 spiro atoms. The molecule has 0 saturated carbocycles. The fourth-order valence-corrected chi connectivity index (χ4v) is 2.73. The summed E-state index contributed by atoms with van der Waals surface area (Å²) in [6.45, 7) is 0.933. The minimum atomic E-state index is -4.73. The summed E-state index contributed by atoms with van der Waals surface area (Å²) in [4.78, 5) is 15.1. The molecule has 0 atom stereocenters. The van der Waals surface area contributed by atoms with E-state index in [2.05, 4.69) is 4.98 Å². The highest BCUT2D eigenvalue weighted by molar-refractivity contribution is 5.97. The number of halogens is 4. The Morgan fingerprint density at radius 2 is 1.96 bits per heavy atom. The zero-order chi connectivity index (χ0) is 19.1. The quantitative estimate of drug-likeness (QED) is 0.506. The highest BCUT2D eigenvalue weighted by Crippen LogP contribution is 2.33. The van der Waals surface area contributed by atoms with E-state index in [0.717, 1.165) is 4.57 Å². The van der Waals surface area contributed by atoms with Crippen LogP contribution < -0.4 is 4.74 Å². The number of nitrogens with zero attached hydrogens (tertiary/aromatic N) is 2. The summed E-state index contributed by atoms with van der Waals surface area (Å²) in [6.07, 6.45) is -4.73. The van der Waals surface area contributed by atoms with Crippen molar-refractivity contribution in [3.05, 3.63) is 59.2 Å². The summed E-state index contributed by atoms with van der Waals surface area (Å²) >= 11 is 0. The monoisotopic (exact) mass is 366 g/mol. The van der Waals surface area contributed by atoms with Crippen LogP contribution in [-0.2, 0) is 12.7 Å². The maximum Gasteiger partial charge on any atom is 0.449 e. The number of carbonyl (C=O) groups is 1. The van der Waals surface area contributed by atoms with Crippen LogP contribution in [0.2, 0.25) is 0 Å². The van der Waals surface area contributed by atoms with Crippen molar-refractivity contribution in [3.8, 4) is 5.75 Å². The summed E-state index contributed by atoms with van der Waals surface area (Å²) in [6, 6.07) is 8.36. The second-order valence-corrected chi connectivity index (χ2v) is 5.71. The van der Waals surface area contributed by atoms with Gasteiger partial charge < -0.3 is 9.30 Å². The number of imidazole rings is 1. The van der Waals surface area contributed by atoms with Gasteiger partial charge in [0.15, 0.2) is 17.3 Å². The first-order chi connectivity index (χ1) is 12.2. The normalized spacial score (nSPS) is 11.8. The van der Waals surface area contributed by atoms with Gasteiger partial charge in [0, 0.05) is 11.1 Å². The predicted molar refractivity (Wildman–Crippen MR) is 86.8 cm³/mol. The van der Waals surface area contributed by atoms with Crippen LogP contribution >= 0.6 is 0 Å². The van der Waals surface area contributed by atoms with Crippen LogP contribution in [-0.4, -0.2) is 22.4 Å².